The van der Waals surface area contributed by atoms with Gasteiger partial charge in [-0.15, -0.1) is 0 Å². The Labute approximate surface area is 380 Å². The lowest BCUT2D eigenvalue weighted by atomic mass is 10.0. The third-order valence-electron chi connectivity index (χ3n) is 12.2. The second-order valence-electron chi connectivity index (χ2n) is 18.3. The van der Waals surface area contributed by atoms with Crippen LogP contribution in [-0.2, 0) is 19.1 Å². The Morgan fingerprint density at radius 1 is 0.377 bits per heavy atom. The van der Waals surface area contributed by atoms with Crippen molar-refractivity contribution in [3.05, 3.63) is 36.5 Å². The number of aliphatic hydroxyl groups excluding tert-OH is 1. The molecule has 1 unspecified atom stereocenters. The highest BCUT2D eigenvalue weighted by Crippen LogP contribution is 2.17. The zero-order chi connectivity index (χ0) is 44.2. The van der Waals surface area contributed by atoms with E-state index in [-0.39, 0.29) is 25.2 Å². The number of allylic oxidation sites excluding steroid dienone is 6. The minimum atomic E-state index is -0.771. The fourth-order valence-corrected chi connectivity index (χ4v) is 8.05. The molecule has 0 saturated carbocycles. The van der Waals surface area contributed by atoms with Crippen LogP contribution in [0.25, 0.3) is 0 Å². The van der Waals surface area contributed by atoms with Crippen molar-refractivity contribution in [2.45, 2.75) is 296 Å². The Kier molecular flexibility index (Phi) is 50.8. The maximum Gasteiger partial charge on any atom is 0.306 e. The minimum absolute atomic E-state index is 0.0661. The lowest BCUT2D eigenvalue weighted by molar-refractivity contribution is -0.161. The molecule has 0 amide bonds. The fourth-order valence-electron chi connectivity index (χ4n) is 8.05. The summed E-state index contributed by atoms with van der Waals surface area (Å²) in [6, 6.07) is 0. The van der Waals surface area contributed by atoms with Crippen LogP contribution in [0.5, 0.6) is 0 Å². The third kappa shape index (κ3) is 50.6. The zero-order valence-corrected chi connectivity index (χ0v) is 40.9. The first kappa shape index (κ1) is 59.1. The average Bonchev–Trinajstić information content (AvgIpc) is 3.26. The molecule has 61 heavy (non-hydrogen) atoms. The highest BCUT2D eigenvalue weighted by Gasteiger charge is 2.16. The fraction of sp³-hybridized carbons (Fsp3) is 0.857. The highest BCUT2D eigenvalue weighted by molar-refractivity contribution is 5.70. The van der Waals surface area contributed by atoms with Gasteiger partial charge in [0.05, 0.1) is 6.61 Å². The summed E-state index contributed by atoms with van der Waals surface area (Å²) in [4.78, 5) is 24.4. The van der Waals surface area contributed by atoms with Gasteiger partial charge in [-0.25, -0.2) is 0 Å². The number of unbranched alkanes of at least 4 members (excludes halogenated alkanes) is 36. The summed E-state index contributed by atoms with van der Waals surface area (Å²) in [5.41, 5.74) is 0. The van der Waals surface area contributed by atoms with Crippen molar-refractivity contribution in [2.75, 3.05) is 13.2 Å². The van der Waals surface area contributed by atoms with Crippen LogP contribution in [0.1, 0.15) is 290 Å². The molecule has 5 heteroatoms. The smallest absolute Gasteiger partial charge is 0.306 e. The molecule has 0 saturated heterocycles. The Morgan fingerprint density at radius 3 is 1.02 bits per heavy atom. The topological polar surface area (TPSA) is 72.8 Å². The number of esters is 2. The Bertz CT molecular complexity index is 970. The molecule has 0 fully saturated rings. The van der Waals surface area contributed by atoms with Crippen molar-refractivity contribution < 1.29 is 24.2 Å². The van der Waals surface area contributed by atoms with E-state index in [1.54, 1.807) is 0 Å². The van der Waals surface area contributed by atoms with Gasteiger partial charge in [0.25, 0.3) is 0 Å². The summed E-state index contributed by atoms with van der Waals surface area (Å²) >= 11 is 0. The molecule has 0 aliphatic rings. The number of hydrogen-bond acceptors (Lipinski definition) is 5. The first-order valence-electron chi connectivity index (χ1n) is 27.0. The van der Waals surface area contributed by atoms with Crippen molar-refractivity contribution >= 4 is 11.9 Å². The molecule has 0 bridgehead atoms. The van der Waals surface area contributed by atoms with E-state index >= 15 is 0 Å². The zero-order valence-electron chi connectivity index (χ0n) is 40.9. The van der Waals surface area contributed by atoms with Crippen molar-refractivity contribution in [1.82, 2.24) is 0 Å². The van der Waals surface area contributed by atoms with Crippen LogP contribution >= 0.6 is 0 Å². The summed E-state index contributed by atoms with van der Waals surface area (Å²) in [5, 5.41) is 9.60. The van der Waals surface area contributed by atoms with Crippen molar-refractivity contribution in [3.63, 3.8) is 0 Å². The van der Waals surface area contributed by atoms with E-state index in [2.05, 4.69) is 50.3 Å². The molecular weight excluding hydrogens is 753 g/mol. The van der Waals surface area contributed by atoms with Gasteiger partial charge < -0.3 is 14.6 Å². The van der Waals surface area contributed by atoms with Crippen LogP contribution in [0.15, 0.2) is 36.5 Å². The van der Waals surface area contributed by atoms with E-state index in [0.717, 1.165) is 51.4 Å². The Balaban J connectivity index is 3.38. The third-order valence-corrected chi connectivity index (χ3v) is 12.2. The van der Waals surface area contributed by atoms with Gasteiger partial charge in [0.15, 0.2) is 6.10 Å². The number of rotatable bonds is 50. The lowest BCUT2D eigenvalue weighted by Crippen LogP contribution is -2.28. The predicted molar refractivity (Wildman–Crippen MR) is 265 cm³/mol. The van der Waals surface area contributed by atoms with Crippen LogP contribution in [0, 0.1) is 0 Å². The average molecular weight is 857 g/mol. The summed E-state index contributed by atoms with van der Waals surface area (Å²) < 4.78 is 10.6. The lowest BCUT2D eigenvalue weighted by Gasteiger charge is -2.15. The van der Waals surface area contributed by atoms with Gasteiger partial charge in [-0.05, 0) is 70.6 Å². The molecule has 358 valence electrons. The standard InChI is InChI=1S/C56H104O5/c1-3-5-7-9-11-13-15-17-18-19-20-21-22-23-24-25-26-27-28-29-30-31-32-33-34-35-36-37-38-39-41-43-45-47-49-51-56(59)61-54(52-57)53-60-55(58)50-48-46-44-42-40-16-14-12-10-8-6-4-2/h12,14-15,17,19-20,54,57H,3-11,13,16,18,21-53H2,1-2H3/b14-12-,17-15-,20-19-. The van der Waals surface area contributed by atoms with E-state index in [1.807, 2.05) is 0 Å². The van der Waals surface area contributed by atoms with Gasteiger partial charge in [-0.3, -0.25) is 9.59 Å². The maximum absolute atomic E-state index is 12.3. The van der Waals surface area contributed by atoms with Crippen LogP contribution in [-0.4, -0.2) is 36.4 Å². The minimum Gasteiger partial charge on any atom is -0.462 e. The van der Waals surface area contributed by atoms with Gasteiger partial charge in [-0.2, -0.15) is 0 Å². The molecular formula is C56H104O5. The molecule has 0 rings (SSSR count). The van der Waals surface area contributed by atoms with Gasteiger partial charge in [-0.1, -0.05) is 243 Å². The van der Waals surface area contributed by atoms with E-state index in [9.17, 15) is 14.7 Å². The second-order valence-corrected chi connectivity index (χ2v) is 18.3. The molecule has 0 heterocycles. The molecule has 1 atom stereocenters. The van der Waals surface area contributed by atoms with E-state index in [1.165, 1.54) is 212 Å². The molecule has 0 aliphatic carbocycles. The van der Waals surface area contributed by atoms with Crippen molar-refractivity contribution in [3.8, 4) is 0 Å². The number of aliphatic hydroxyl groups is 1. The molecule has 0 radical (unpaired) electrons. The first-order valence-corrected chi connectivity index (χ1v) is 27.0. The SMILES string of the molecule is CCCCC/C=C\CCCCCCCC(=O)OCC(CO)OC(=O)CCCCCCCCCCCCCCCCCCCCCCCCC/C=C\C/C=C\CCCCCCC. The molecule has 0 aromatic carbocycles. The van der Waals surface area contributed by atoms with E-state index in [0.29, 0.717) is 12.8 Å². The van der Waals surface area contributed by atoms with Gasteiger partial charge in [0, 0.05) is 12.8 Å². The predicted octanol–water partition coefficient (Wildman–Crippen LogP) is 17.9. The van der Waals surface area contributed by atoms with Gasteiger partial charge in [0.1, 0.15) is 6.61 Å². The quantitative estimate of drug-likeness (QED) is 0.0375. The summed E-state index contributed by atoms with van der Waals surface area (Å²) in [7, 11) is 0. The Morgan fingerprint density at radius 2 is 0.656 bits per heavy atom. The largest absolute Gasteiger partial charge is 0.462 e. The van der Waals surface area contributed by atoms with Crippen molar-refractivity contribution in [1.29, 1.82) is 0 Å². The van der Waals surface area contributed by atoms with E-state index in [4.69, 9.17) is 9.47 Å². The monoisotopic (exact) mass is 857 g/mol. The Hall–Kier alpha value is -1.88. The molecule has 1 N–H and O–H groups in total. The van der Waals surface area contributed by atoms with Gasteiger partial charge in [0.2, 0.25) is 0 Å². The van der Waals surface area contributed by atoms with Crippen LogP contribution in [0.4, 0.5) is 0 Å². The summed E-state index contributed by atoms with van der Waals surface area (Å²) in [6.07, 6.45) is 67.0. The first-order chi connectivity index (χ1) is 30.1. The van der Waals surface area contributed by atoms with Crippen molar-refractivity contribution in [2.24, 2.45) is 0 Å². The molecule has 0 aliphatic heterocycles. The van der Waals surface area contributed by atoms with Crippen LogP contribution in [0.3, 0.4) is 0 Å². The number of carbonyl (C=O) groups is 2. The van der Waals surface area contributed by atoms with Crippen LogP contribution in [0.2, 0.25) is 0 Å². The summed E-state index contributed by atoms with van der Waals surface area (Å²) in [6.45, 7) is 4.12. The van der Waals surface area contributed by atoms with Crippen LogP contribution < -0.4 is 0 Å². The number of carbonyl (C=O) groups excluding carboxylic acids is 2. The summed E-state index contributed by atoms with van der Waals surface area (Å²) in [5.74, 6) is -0.589. The van der Waals surface area contributed by atoms with E-state index < -0.39 is 6.10 Å². The number of ether oxygens (including phenoxy) is 2. The molecule has 0 aromatic rings. The highest BCUT2D eigenvalue weighted by atomic mass is 16.6. The molecule has 0 spiro atoms. The normalized spacial score (nSPS) is 12.4. The molecule has 0 aromatic heterocycles. The maximum atomic E-state index is 12.3. The molecule has 5 nitrogen and oxygen atoms in total. The number of hydrogen-bond donors (Lipinski definition) is 1. The second kappa shape index (κ2) is 52.5. The van der Waals surface area contributed by atoms with Gasteiger partial charge >= 0.3 is 11.9 Å².